The number of benzene rings is 1. The highest BCUT2D eigenvalue weighted by Crippen LogP contribution is 2.42. The van der Waals surface area contributed by atoms with Gasteiger partial charge in [-0.2, -0.15) is 0 Å². The summed E-state index contributed by atoms with van der Waals surface area (Å²) in [6.07, 6.45) is 4.18. The summed E-state index contributed by atoms with van der Waals surface area (Å²) in [5.41, 5.74) is 1.61. The van der Waals surface area contributed by atoms with Crippen LogP contribution >= 0.6 is 0 Å². The maximum Gasteiger partial charge on any atom is 0.331 e. The molecule has 1 fully saturated rings. The molecular formula is C18H27NO2. The van der Waals surface area contributed by atoms with Crippen molar-refractivity contribution in [1.29, 1.82) is 0 Å². The van der Waals surface area contributed by atoms with Crippen molar-refractivity contribution in [3.05, 3.63) is 29.8 Å². The maximum absolute atomic E-state index is 12.6. The van der Waals surface area contributed by atoms with E-state index in [1.807, 2.05) is 18.2 Å². The molecule has 0 heterocycles. The van der Waals surface area contributed by atoms with E-state index >= 15 is 0 Å². The molecule has 116 valence electrons. The largest absolute Gasteiger partial charge is 0.467 e. The number of aryl methyl sites for hydroxylation is 1. The van der Waals surface area contributed by atoms with Gasteiger partial charge in [0.25, 0.3) is 0 Å². The summed E-state index contributed by atoms with van der Waals surface area (Å²) >= 11 is 0. The highest BCUT2D eigenvalue weighted by Gasteiger charge is 2.49. The SMILES string of the molecule is COC(=O)C1(Nc2ccccc2C)CCCCC1C(C)C. The average molecular weight is 289 g/mol. The molecule has 0 amide bonds. The summed E-state index contributed by atoms with van der Waals surface area (Å²) < 4.78 is 5.18. The Balaban J connectivity index is 2.41. The Bertz CT molecular complexity index is 498. The average Bonchev–Trinajstić information content (AvgIpc) is 2.49. The Hall–Kier alpha value is -1.51. The van der Waals surface area contributed by atoms with E-state index in [1.165, 1.54) is 13.5 Å². The van der Waals surface area contributed by atoms with Crippen molar-refractivity contribution in [3.63, 3.8) is 0 Å². The van der Waals surface area contributed by atoms with Gasteiger partial charge in [-0.1, -0.05) is 44.9 Å². The third-order valence-corrected chi connectivity index (χ3v) is 4.83. The molecule has 2 atom stereocenters. The van der Waals surface area contributed by atoms with Gasteiger partial charge in [0, 0.05) is 5.69 Å². The second-order valence-corrected chi connectivity index (χ2v) is 6.50. The van der Waals surface area contributed by atoms with E-state index in [4.69, 9.17) is 4.74 Å². The minimum absolute atomic E-state index is 0.121. The molecule has 0 aliphatic heterocycles. The van der Waals surface area contributed by atoms with Crippen LogP contribution < -0.4 is 5.32 Å². The molecule has 3 heteroatoms. The minimum atomic E-state index is -0.590. The number of methoxy groups -OCH3 is 1. The molecule has 0 aromatic heterocycles. The van der Waals surface area contributed by atoms with Gasteiger partial charge in [-0.05, 0) is 43.2 Å². The predicted molar refractivity (Wildman–Crippen MR) is 86.3 cm³/mol. The topological polar surface area (TPSA) is 38.3 Å². The first-order chi connectivity index (χ1) is 10.0. The summed E-state index contributed by atoms with van der Waals surface area (Å²) in [6, 6.07) is 8.15. The van der Waals surface area contributed by atoms with E-state index in [9.17, 15) is 4.79 Å². The fraction of sp³-hybridized carbons (Fsp3) is 0.611. The van der Waals surface area contributed by atoms with Crippen molar-refractivity contribution >= 4 is 11.7 Å². The smallest absolute Gasteiger partial charge is 0.331 e. The summed E-state index contributed by atoms with van der Waals surface area (Å²) in [6.45, 7) is 6.47. The van der Waals surface area contributed by atoms with Crippen LogP contribution in [0.15, 0.2) is 24.3 Å². The molecule has 2 unspecified atom stereocenters. The predicted octanol–water partition coefficient (Wildman–Crippen LogP) is 4.16. The number of esters is 1. The highest BCUT2D eigenvalue weighted by atomic mass is 16.5. The molecule has 0 radical (unpaired) electrons. The van der Waals surface area contributed by atoms with Gasteiger partial charge >= 0.3 is 5.97 Å². The molecule has 1 saturated carbocycles. The third kappa shape index (κ3) is 3.07. The molecule has 0 saturated heterocycles. The highest BCUT2D eigenvalue weighted by molar-refractivity contribution is 5.85. The van der Waals surface area contributed by atoms with Crippen LogP contribution in [0.1, 0.15) is 45.1 Å². The van der Waals surface area contributed by atoms with Crippen LogP contribution in [0.4, 0.5) is 5.69 Å². The molecular weight excluding hydrogens is 262 g/mol. The quantitative estimate of drug-likeness (QED) is 0.846. The molecule has 1 N–H and O–H groups in total. The number of nitrogens with one attached hydrogen (secondary N) is 1. The Morgan fingerprint density at radius 1 is 1.33 bits per heavy atom. The van der Waals surface area contributed by atoms with E-state index in [0.29, 0.717) is 11.8 Å². The van der Waals surface area contributed by atoms with Crippen LogP contribution in [-0.2, 0) is 9.53 Å². The van der Waals surface area contributed by atoms with Crippen molar-refractivity contribution < 1.29 is 9.53 Å². The zero-order valence-corrected chi connectivity index (χ0v) is 13.6. The molecule has 2 rings (SSSR count). The second kappa shape index (κ2) is 6.50. The van der Waals surface area contributed by atoms with Crippen LogP contribution in [0.2, 0.25) is 0 Å². The maximum atomic E-state index is 12.6. The number of hydrogen-bond donors (Lipinski definition) is 1. The van der Waals surface area contributed by atoms with Crippen molar-refractivity contribution in [2.75, 3.05) is 12.4 Å². The van der Waals surface area contributed by atoms with E-state index in [1.54, 1.807) is 0 Å². The normalized spacial score (nSPS) is 25.7. The molecule has 21 heavy (non-hydrogen) atoms. The van der Waals surface area contributed by atoms with Gasteiger partial charge in [0.2, 0.25) is 0 Å². The Morgan fingerprint density at radius 3 is 2.67 bits per heavy atom. The lowest BCUT2D eigenvalue weighted by Gasteiger charge is -2.45. The Kier molecular flexibility index (Phi) is 4.92. The molecule has 0 spiro atoms. The first kappa shape index (κ1) is 15.9. The number of rotatable bonds is 4. The zero-order valence-electron chi connectivity index (χ0n) is 13.6. The Labute approximate surface area is 128 Å². The van der Waals surface area contributed by atoms with Crippen LogP contribution in [0, 0.1) is 18.8 Å². The van der Waals surface area contributed by atoms with E-state index in [-0.39, 0.29) is 5.97 Å². The number of hydrogen-bond acceptors (Lipinski definition) is 3. The number of carbonyl (C=O) groups is 1. The molecule has 1 aromatic carbocycles. The summed E-state index contributed by atoms with van der Waals surface area (Å²) in [4.78, 5) is 12.6. The molecule has 3 nitrogen and oxygen atoms in total. The van der Waals surface area contributed by atoms with E-state index < -0.39 is 5.54 Å². The zero-order chi connectivity index (χ0) is 15.5. The van der Waals surface area contributed by atoms with Crippen molar-refractivity contribution in [1.82, 2.24) is 0 Å². The first-order valence-corrected chi connectivity index (χ1v) is 7.93. The lowest BCUT2D eigenvalue weighted by atomic mass is 9.67. The molecule has 1 aromatic rings. The van der Waals surface area contributed by atoms with Crippen LogP contribution in [0.25, 0.3) is 0 Å². The summed E-state index contributed by atoms with van der Waals surface area (Å²) in [5.74, 6) is 0.628. The van der Waals surface area contributed by atoms with Gasteiger partial charge in [-0.3, -0.25) is 0 Å². The van der Waals surface area contributed by atoms with Gasteiger partial charge in [0.1, 0.15) is 5.54 Å². The van der Waals surface area contributed by atoms with Gasteiger partial charge in [-0.15, -0.1) is 0 Å². The van der Waals surface area contributed by atoms with Crippen LogP contribution in [-0.4, -0.2) is 18.6 Å². The fourth-order valence-corrected chi connectivity index (χ4v) is 3.70. The lowest BCUT2D eigenvalue weighted by Crippen LogP contribution is -2.56. The number of anilines is 1. The summed E-state index contributed by atoms with van der Waals surface area (Å²) in [5, 5.41) is 3.57. The monoisotopic (exact) mass is 289 g/mol. The first-order valence-electron chi connectivity index (χ1n) is 7.93. The number of para-hydroxylation sites is 1. The molecule has 1 aliphatic rings. The van der Waals surface area contributed by atoms with Crippen LogP contribution in [0.5, 0.6) is 0 Å². The van der Waals surface area contributed by atoms with E-state index in [0.717, 1.165) is 30.5 Å². The van der Waals surface area contributed by atoms with Gasteiger partial charge in [-0.25, -0.2) is 4.79 Å². The lowest BCUT2D eigenvalue weighted by molar-refractivity contribution is -0.150. The Morgan fingerprint density at radius 2 is 2.05 bits per heavy atom. The third-order valence-electron chi connectivity index (χ3n) is 4.83. The fourth-order valence-electron chi connectivity index (χ4n) is 3.70. The van der Waals surface area contributed by atoms with Crippen molar-refractivity contribution in [2.45, 2.75) is 52.0 Å². The molecule has 1 aliphatic carbocycles. The number of ether oxygens (including phenoxy) is 1. The van der Waals surface area contributed by atoms with Gasteiger partial charge < -0.3 is 10.1 Å². The number of carbonyl (C=O) groups excluding carboxylic acids is 1. The van der Waals surface area contributed by atoms with Crippen molar-refractivity contribution in [3.8, 4) is 0 Å². The standard InChI is InChI=1S/C18H27NO2/c1-13(2)15-10-7-8-12-18(15,17(20)21-4)19-16-11-6-5-9-14(16)3/h5-6,9,11,13,15,19H,7-8,10,12H2,1-4H3. The van der Waals surface area contributed by atoms with Crippen LogP contribution in [0.3, 0.4) is 0 Å². The van der Waals surface area contributed by atoms with Crippen molar-refractivity contribution in [2.24, 2.45) is 11.8 Å². The molecule has 0 bridgehead atoms. The van der Waals surface area contributed by atoms with Gasteiger partial charge in [0.05, 0.1) is 7.11 Å². The summed E-state index contributed by atoms with van der Waals surface area (Å²) in [7, 11) is 1.50. The van der Waals surface area contributed by atoms with E-state index in [2.05, 4.69) is 32.2 Å². The minimum Gasteiger partial charge on any atom is -0.467 e. The second-order valence-electron chi connectivity index (χ2n) is 6.50. The van der Waals surface area contributed by atoms with Gasteiger partial charge in [0.15, 0.2) is 0 Å².